The van der Waals surface area contributed by atoms with Gasteiger partial charge >= 0.3 is 5.97 Å². The minimum absolute atomic E-state index is 0.222. The van der Waals surface area contributed by atoms with E-state index in [1.54, 1.807) is 14.0 Å². The van der Waals surface area contributed by atoms with E-state index in [-0.39, 0.29) is 12.4 Å². The van der Waals surface area contributed by atoms with Crippen molar-refractivity contribution < 1.29 is 14.3 Å². The number of benzene rings is 1. The summed E-state index contributed by atoms with van der Waals surface area (Å²) in [6.45, 7) is 6.04. The fourth-order valence-corrected chi connectivity index (χ4v) is 1.32. The molecule has 0 aliphatic heterocycles. The predicted octanol–water partition coefficient (Wildman–Crippen LogP) is 2.66. The molecular weight excluding hydrogens is 204 g/mol. The van der Waals surface area contributed by atoms with Crippen molar-refractivity contribution >= 4 is 11.5 Å². The summed E-state index contributed by atoms with van der Waals surface area (Å²) in [7, 11) is 1.61. The summed E-state index contributed by atoms with van der Waals surface area (Å²) in [6.07, 6.45) is 0.222. The molecule has 0 heterocycles. The Morgan fingerprint density at radius 1 is 1.31 bits per heavy atom. The highest BCUT2D eigenvalue weighted by molar-refractivity contribution is 5.84. The van der Waals surface area contributed by atoms with E-state index in [9.17, 15) is 4.79 Å². The van der Waals surface area contributed by atoms with Crippen LogP contribution < -0.4 is 4.74 Å². The molecule has 0 fully saturated rings. The van der Waals surface area contributed by atoms with Crippen LogP contribution in [0.25, 0.3) is 5.57 Å². The fourth-order valence-electron chi connectivity index (χ4n) is 1.32. The number of carbonyl (C=O) groups excluding carboxylic acids is 1. The molecule has 0 spiro atoms. The van der Waals surface area contributed by atoms with E-state index >= 15 is 0 Å². The molecule has 0 unspecified atom stereocenters. The first-order valence-electron chi connectivity index (χ1n) is 5.15. The minimum Gasteiger partial charge on any atom is -0.497 e. The van der Waals surface area contributed by atoms with Crippen molar-refractivity contribution in [2.24, 2.45) is 0 Å². The number of hydrogen-bond donors (Lipinski definition) is 0. The van der Waals surface area contributed by atoms with Gasteiger partial charge in [-0.3, -0.25) is 4.79 Å². The quantitative estimate of drug-likeness (QED) is 0.716. The van der Waals surface area contributed by atoms with E-state index in [1.165, 1.54) is 0 Å². The minimum atomic E-state index is -0.247. The smallest absolute Gasteiger partial charge is 0.310 e. The molecule has 0 aliphatic rings. The van der Waals surface area contributed by atoms with Crippen LogP contribution in [0, 0.1) is 0 Å². The maximum atomic E-state index is 11.2. The first-order chi connectivity index (χ1) is 7.67. The monoisotopic (exact) mass is 220 g/mol. The summed E-state index contributed by atoms with van der Waals surface area (Å²) in [5.74, 6) is 0.538. The lowest BCUT2D eigenvalue weighted by molar-refractivity contribution is -0.141. The van der Waals surface area contributed by atoms with Gasteiger partial charge in [0.1, 0.15) is 5.75 Å². The van der Waals surface area contributed by atoms with Gasteiger partial charge in [0.05, 0.1) is 20.1 Å². The van der Waals surface area contributed by atoms with Crippen LogP contribution in [0.3, 0.4) is 0 Å². The molecule has 3 heteroatoms. The van der Waals surface area contributed by atoms with E-state index in [1.807, 2.05) is 24.3 Å². The number of esters is 1. The summed E-state index contributed by atoms with van der Waals surface area (Å²) in [4.78, 5) is 11.2. The van der Waals surface area contributed by atoms with E-state index < -0.39 is 0 Å². The second-order valence-electron chi connectivity index (χ2n) is 3.31. The largest absolute Gasteiger partial charge is 0.497 e. The van der Waals surface area contributed by atoms with Crippen molar-refractivity contribution in [2.75, 3.05) is 13.7 Å². The highest BCUT2D eigenvalue weighted by Crippen LogP contribution is 2.19. The summed E-state index contributed by atoms with van der Waals surface area (Å²) in [5, 5.41) is 0. The van der Waals surface area contributed by atoms with E-state index in [4.69, 9.17) is 9.47 Å². The van der Waals surface area contributed by atoms with E-state index in [0.29, 0.717) is 6.61 Å². The summed E-state index contributed by atoms with van der Waals surface area (Å²) in [6, 6.07) is 7.43. The Kier molecular flexibility index (Phi) is 4.58. The SMILES string of the molecule is C=C(CC(=O)OCC)c1ccc(OC)cc1. The van der Waals surface area contributed by atoms with Crippen LogP contribution in [0.5, 0.6) is 5.75 Å². The molecule has 3 nitrogen and oxygen atoms in total. The van der Waals surface area contributed by atoms with Crippen LogP contribution in [0.1, 0.15) is 18.9 Å². The third-order valence-corrected chi connectivity index (χ3v) is 2.16. The van der Waals surface area contributed by atoms with Crippen molar-refractivity contribution in [3.63, 3.8) is 0 Å². The lowest BCUT2D eigenvalue weighted by Gasteiger charge is -2.06. The highest BCUT2D eigenvalue weighted by Gasteiger charge is 2.06. The number of ether oxygens (including phenoxy) is 2. The Morgan fingerprint density at radius 3 is 2.44 bits per heavy atom. The molecule has 86 valence electrons. The van der Waals surface area contributed by atoms with Gasteiger partial charge < -0.3 is 9.47 Å². The van der Waals surface area contributed by atoms with Gasteiger partial charge in [-0.05, 0) is 30.2 Å². The zero-order chi connectivity index (χ0) is 12.0. The van der Waals surface area contributed by atoms with Gasteiger partial charge in [0.25, 0.3) is 0 Å². The molecule has 16 heavy (non-hydrogen) atoms. The number of methoxy groups -OCH3 is 1. The zero-order valence-corrected chi connectivity index (χ0v) is 9.66. The molecule has 0 amide bonds. The normalized spacial score (nSPS) is 9.62. The molecule has 0 aliphatic carbocycles. The van der Waals surface area contributed by atoms with Gasteiger partial charge in [-0.15, -0.1) is 0 Å². The van der Waals surface area contributed by atoms with Crippen LogP contribution >= 0.6 is 0 Å². The van der Waals surface area contributed by atoms with Gasteiger partial charge in [0.2, 0.25) is 0 Å². The first kappa shape index (κ1) is 12.3. The maximum absolute atomic E-state index is 11.2. The number of rotatable bonds is 5. The van der Waals surface area contributed by atoms with Crippen molar-refractivity contribution in [1.82, 2.24) is 0 Å². The molecule has 0 N–H and O–H groups in total. The molecule has 0 aromatic heterocycles. The van der Waals surface area contributed by atoms with Crippen LogP contribution in [0.15, 0.2) is 30.8 Å². The topological polar surface area (TPSA) is 35.5 Å². The first-order valence-corrected chi connectivity index (χ1v) is 5.15. The Balaban J connectivity index is 2.62. The van der Waals surface area contributed by atoms with Crippen LogP contribution in [-0.4, -0.2) is 19.7 Å². The summed E-state index contributed by atoms with van der Waals surface area (Å²) < 4.78 is 9.90. The average Bonchev–Trinajstić information content (AvgIpc) is 2.29. The molecule has 1 aromatic rings. The molecular formula is C13H16O3. The Labute approximate surface area is 95.7 Å². The van der Waals surface area contributed by atoms with Crippen LogP contribution in [-0.2, 0) is 9.53 Å². The molecule has 0 radical (unpaired) electrons. The van der Waals surface area contributed by atoms with Crippen molar-refractivity contribution in [2.45, 2.75) is 13.3 Å². The van der Waals surface area contributed by atoms with Gasteiger partial charge in [-0.25, -0.2) is 0 Å². The van der Waals surface area contributed by atoms with Gasteiger partial charge in [0, 0.05) is 0 Å². The Morgan fingerprint density at radius 2 is 1.94 bits per heavy atom. The highest BCUT2D eigenvalue weighted by atomic mass is 16.5. The van der Waals surface area contributed by atoms with Gasteiger partial charge in [-0.1, -0.05) is 18.7 Å². The molecule has 0 bridgehead atoms. The average molecular weight is 220 g/mol. The number of hydrogen-bond acceptors (Lipinski definition) is 3. The molecule has 0 atom stereocenters. The molecule has 1 rings (SSSR count). The Bertz CT molecular complexity index is 365. The third-order valence-electron chi connectivity index (χ3n) is 2.16. The Hall–Kier alpha value is -1.77. The number of carbonyl (C=O) groups is 1. The standard InChI is InChI=1S/C13H16O3/c1-4-16-13(14)9-10(2)11-5-7-12(15-3)8-6-11/h5-8H,2,4,9H2,1,3H3. The summed E-state index contributed by atoms with van der Waals surface area (Å²) in [5.41, 5.74) is 1.68. The molecule has 0 saturated heterocycles. The second-order valence-corrected chi connectivity index (χ2v) is 3.31. The maximum Gasteiger partial charge on any atom is 0.310 e. The zero-order valence-electron chi connectivity index (χ0n) is 9.66. The van der Waals surface area contributed by atoms with Crippen LogP contribution in [0.2, 0.25) is 0 Å². The lowest BCUT2D eigenvalue weighted by atomic mass is 10.0. The molecule has 0 saturated carbocycles. The van der Waals surface area contributed by atoms with Crippen LogP contribution in [0.4, 0.5) is 0 Å². The van der Waals surface area contributed by atoms with Gasteiger partial charge in [0.15, 0.2) is 0 Å². The second kappa shape index (κ2) is 5.95. The van der Waals surface area contributed by atoms with E-state index in [2.05, 4.69) is 6.58 Å². The van der Waals surface area contributed by atoms with Crippen molar-refractivity contribution in [3.8, 4) is 5.75 Å². The van der Waals surface area contributed by atoms with E-state index in [0.717, 1.165) is 16.9 Å². The lowest BCUT2D eigenvalue weighted by Crippen LogP contribution is -2.04. The molecule has 1 aromatic carbocycles. The summed E-state index contributed by atoms with van der Waals surface area (Å²) >= 11 is 0. The fraction of sp³-hybridized carbons (Fsp3) is 0.308. The van der Waals surface area contributed by atoms with Crippen molar-refractivity contribution in [3.05, 3.63) is 36.4 Å². The van der Waals surface area contributed by atoms with Crippen molar-refractivity contribution in [1.29, 1.82) is 0 Å². The predicted molar refractivity (Wildman–Crippen MR) is 63.3 cm³/mol. The van der Waals surface area contributed by atoms with Gasteiger partial charge in [-0.2, -0.15) is 0 Å². The third kappa shape index (κ3) is 3.42.